The highest BCUT2D eigenvalue weighted by molar-refractivity contribution is 9.10. The number of anilines is 1. The van der Waals surface area contributed by atoms with Crippen molar-refractivity contribution in [3.8, 4) is 11.8 Å². The van der Waals surface area contributed by atoms with Crippen molar-refractivity contribution in [3.05, 3.63) is 22.4 Å². The quantitative estimate of drug-likeness (QED) is 0.595. The zero-order valence-electron chi connectivity index (χ0n) is 17.9. The van der Waals surface area contributed by atoms with E-state index in [1.807, 2.05) is 6.07 Å². The van der Waals surface area contributed by atoms with Gasteiger partial charge < -0.3 is 14.2 Å². The van der Waals surface area contributed by atoms with E-state index in [1.165, 1.54) is 19.5 Å². The van der Waals surface area contributed by atoms with Gasteiger partial charge in [0.15, 0.2) is 5.82 Å². The summed E-state index contributed by atoms with van der Waals surface area (Å²) in [4.78, 5) is 35.0. The maximum absolute atomic E-state index is 13.0. The molecular weight excluding hydrogens is 456 g/mol. The van der Waals surface area contributed by atoms with Gasteiger partial charge in [-0.05, 0) is 63.5 Å². The van der Waals surface area contributed by atoms with Crippen LogP contribution in [-0.4, -0.2) is 40.5 Å². The normalized spacial score (nSPS) is 11.6. The number of benzene rings is 1. The first kappa shape index (κ1) is 23.3. The molecule has 0 atom stereocenters. The maximum Gasteiger partial charge on any atom is 0.425 e. The van der Waals surface area contributed by atoms with Crippen LogP contribution >= 0.6 is 15.9 Å². The van der Waals surface area contributed by atoms with E-state index in [2.05, 4.69) is 25.9 Å². The number of methoxy groups -OCH3 is 1. The summed E-state index contributed by atoms with van der Waals surface area (Å²) in [6.07, 6.45) is -0.774. The number of imide groups is 1. The molecule has 1 heterocycles. The van der Waals surface area contributed by atoms with Crippen LogP contribution in [-0.2, 0) is 9.47 Å². The molecule has 1 aromatic heterocycles. The maximum atomic E-state index is 13.0. The smallest absolute Gasteiger partial charge is 0.425 e. The molecule has 2 rings (SSSR count). The van der Waals surface area contributed by atoms with E-state index in [0.29, 0.717) is 9.37 Å². The van der Waals surface area contributed by atoms with Crippen LogP contribution < -0.4 is 9.64 Å². The van der Waals surface area contributed by atoms with E-state index >= 15 is 0 Å². The van der Waals surface area contributed by atoms with E-state index in [9.17, 15) is 14.9 Å². The van der Waals surface area contributed by atoms with Gasteiger partial charge in [-0.25, -0.2) is 19.6 Å². The third kappa shape index (κ3) is 5.16. The molecule has 0 saturated carbocycles. The van der Waals surface area contributed by atoms with Crippen LogP contribution in [0.1, 0.15) is 47.1 Å². The number of ether oxygens (including phenoxy) is 3. The first-order valence-electron chi connectivity index (χ1n) is 8.96. The van der Waals surface area contributed by atoms with Crippen molar-refractivity contribution >= 4 is 44.8 Å². The number of hydrogen-bond acceptors (Lipinski definition) is 8. The Morgan fingerprint density at radius 3 is 2.03 bits per heavy atom. The van der Waals surface area contributed by atoms with Gasteiger partial charge in [0.25, 0.3) is 0 Å². The summed E-state index contributed by atoms with van der Waals surface area (Å²) >= 11 is 3.34. The minimum atomic E-state index is -0.973. The number of fused-ring (bicyclic) bond motifs is 1. The lowest BCUT2D eigenvalue weighted by molar-refractivity contribution is 0.0429. The second-order valence-electron chi connectivity index (χ2n) is 8.27. The van der Waals surface area contributed by atoms with Crippen molar-refractivity contribution < 1.29 is 23.8 Å². The Hall–Kier alpha value is -2.93. The topological polar surface area (TPSA) is 115 Å². The zero-order valence-corrected chi connectivity index (χ0v) is 19.4. The van der Waals surface area contributed by atoms with Gasteiger partial charge in [0.2, 0.25) is 0 Å². The summed E-state index contributed by atoms with van der Waals surface area (Å²) in [5.41, 5.74) is -1.20. The predicted octanol–water partition coefficient (Wildman–Crippen LogP) is 4.95. The SMILES string of the molecule is COc1cc(C#N)c(Br)c2ncnc(N(C(=O)OC(C)(C)C)C(=O)OC(C)(C)C)c12. The number of halogens is 1. The van der Waals surface area contributed by atoms with Gasteiger partial charge >= 0.3 is 12.2 Å². The van der Waals surface area contributed by atoms with Crippen LogP contribution in [0.25, 0.3) is 10.9 Å². The van der Waals surface area contributed by atoms with Gasteiger partial charge in [-0.1, -0.05) is 0 Å². The monoisotopic (exact) mass is 478 g/mol. The molecule has 0 aliphatic carbocycles. The summed E-state index contributed by atoms with van der Waals surface area (Å²) in [6, 6.07) is 3.49. The Morgan fingerprint density at radius 2 is 1.60 bits per heavy atom. The molecule has 10 heteroatoms. The van der Waals surface area contributed by atoms with Gasteiger partial charge in [0.1, 0.15) is 29.3 Å². The number of rotatable bonds is 2. The Bertz CT molecular complexity index is 1010. The van der Waals surface area contributed by atoms with Crippen molar-refractivity contribution in [1.29, 1.82) is 5.26 Å². The molecule has 0 radical (unpaired) electrons. The molecule has 9 nitrogen and oxygen atoms in total. The number of aromatic nitrogens is 2. The lowest BCUT2D eigenvalue weighted by Gasteiger charge is -2.28. The summed E-state index contributed by atoms with van der Waals surface area (Å²) in [7, 11) is 1.39. The van der Waals surface area contributed by atoms with Crippen molar-refractivity contribution in [2.45, 2.75) is 52.7 Å². The Balaban J connectivity index is 2.80. The molecule has 1 aromatic carbocycles. The van der Waals surface area contributed by atoms with Crippen LogP contribution in [0.3, 0.4) is 0 Å². The number of nitriles is 1. The molecule has 0 bridgehead atoms. The molecule has 2 aromatic rings. The minimum Gasteiger partial charge on any atom is -0.496 e. The number of carbonyl (C=O) groups excluding carboxylic acids is 2. The van der Waals surface area contributed by atoms with E-state index in [-0.39, 0.29) is 28.0 Å². The fourth-order valence-corrected chi connectivity index (χ4v) is 2.94. The molecule has 0 unspecified atom stereocenters. The van der Waals surface area contributed by atoms with Gasteiger partial charge in [-0.2, -0.15) is 10.2 Å². The molecule has 0 aliphatic heterocycles. The van der Waals surface area contributed by atoms with Crippen molar-refractivity contribution in [1.82, 2.24) is 9.97 Å². The molecule has 0 spiro atoms. The van der Waals surface area contributed by atoms with Crippen molar-refractivity contribution in [3.63, 3.8) is 0 Å². The number of carbonyl (C=O) groups is 2. The van der Waals surface area contributed by atoms with Gasteiger partial charge in [0.05, 0.1) is 28.0 Å². The van der Waals surface area contributed by atoms with Crippen LogP contribution in [0.2, 0.25) is 0 Å². The van der Waals surface area contributed by atoms with E-state index in [4.69, 9.17) is 14.2 Å². The molecule has 2 amide bonds. The second-order valence-corrected chi connectivity index (χ2v) is 9.06. The molecule has 0 fully saturated rings. The molecule has 0 saturated heterocycles. The van der Waals surface area contributed by atoms with E-state index < -0.39 is 23.4 Å². The van der Waals surface area contributed by atoms with Gasteiger partial charge in [-0.3, -0.25) is 0 Å². The minimum absolute atomic E-state index is 0.0921. The summed E-state index contributed by atoms with van der Waals surface area (Å²) in [5.74, 6) is 0.114. The molecule has 160 valence electrons. The predicted molar refractivity (Wildman–Crippen MR) is 113 cm³/mol. The highest BCUT2D eigenvalue weighted by atomic mass is 79.9. The lowest BCUT2D eigenvalue weighted by atomic mass is 10.1. The third-order valence-corrected chi connectivity index (χ3v) is 4.30. The lowest BCUT2D eigenvalue weighted by Crippen LogP contribution is -2.44. The van der Waals surface area contributed by atoms with Gasteiger partial charge in [-0.15, -0.1) is 0 Å². The standard InChI is InChI=1S/C20H23BrN4O5/c1-19(2,3)29-17(26)25(18(27)30-20(4,5)6)16-13-12(28-7)8-11(9-22)14(21)15(13)23-10-24-16/h8,10H,1-7H3. The zero-order chi connectivity index (χ0) is 22.9. The highest BCUT2D eigenvalue weighted by Gasteiger charge is 2.36. The molecule has 0 aliphatic rings. The average molecular weight is 479 g/mol. The fraction of sp³-hybridized carbons (Fsp3) is 0.450. The summed E-state index contributed by atoms with van der Waals surface area (Å²) in [6.45, 7) is 10.0. The fourth-order valence-electron chi connectivity index (χ4n) is 2.44. The summed E-state index contributed by atoms with van der Waals surface area (Å²) in [5, 5.41) is 9.61. The van der Waals surface area contributed by atoms with Crippen molar-refractivity contribution in [2.75, 3.05) is 12.0 Å². The molecule has 0 N–H and O–H groups in total. The van der Waals surface area contributed by atoms with Crippen LogP contribution in [0.5, 0.6) is 5.75 Å². The number of amides is 2. The highest BCUT2D eigenvalue weighted by Crippen LogP contribution is 2.38. The average Bonchev–Trinajstić information content (AvgIpc) is 2.59. The molecular formula is C20H23BrN4O5. The number of nitrogens with zero attached hydrogens (tertiary/aromatic N) is 4. The first-order chi connectivity index (χ1) is 13.8. The largest absolute Gasteiger partial charge is 0.496 e. The van der Waals surface area contributed by atoms with Crippen LogP contribution in [0.4, 0.5) is 15.4 Å². The molecule has 30 heavy (non-hydrogen) atoms. The Kier molecular flexibility index (Phi) is 6.57. The Labute approximate surface area is 183 Å². The van der Waals surface area contributed by atoms with E-state index in [0.717, 1.165) is 0 Å². The number of hydrogen-bond donors (Lipinski definition) is 0. The summed E-state index contributed by atoms with van der Waals surface area (Å²) < 4.78 is 16.6. The van der Waals surface area contributed by atoms with Crippen LogP contribution in [0.15, 0.2) is 16.9 Å². The van der Waals surface area contributed by atoms with Crippen molar-refractivity contribution in [2.24, 2.45) is 0 Å². The Morgan fingerprint density at radius 1 is 1.07 bits per heavy atom. The second kappa shape index (κ2) is 8.44. The van der Waals surface area contributed by atoms with Crippen LogP contribution in [0, 0.1) is 11.3 Å². The third-order valence-electron chi connectivity index (χ3n) is 3.50. The van der Waals surface area contributed by atoms with E-state index in [1.54, 1.807) is 41.5 Å². The first-order valence-corrected chi connectivity index (χ1v) is 9.75. The van der Waals surface area contributed by atoms with Gasteiger partial charge in [0, 0.05) is 0 Å².